The third kappa shape index (κ3) is 2.53. The topological polar surface area (TPSA) is 72.2 Å². The first-order chi connectivity index (χ1) is 8.63. The Kier molecular flexibility index (Phi) is 3.96. The lowest BCUT2D eigenvalue weighted by atomic mass is 10.0. The van der Waals surface area contributed by atoms with Gasteiger partial charge in [0.25, 0.3) is 0 Å². The number of halogens is 1. The maximum Gasteiger partial charge on any atom is 0.348 e. The van der Waals surface area contributed by atoms with Gasteiger partial charge in [-0.3, -0.25) is 10.1 Å². The van der Waals surface area contributed by atoms with Crippen LogP contribution in [0.25, 0.3) is 0 Å². The highest BCUT2D eigenvalue weighted by atomic mass is 35.5. The van der Waals surface area contributed by atoms with Gasteiger partial charge in [0.05, 0.1) is 4.92 Å². The van der Waals surface area contributed by atoms with Crippen molar-refractivity contribution in [2.45, 2.75) is 26.2 Å². The maximum absolute atomic E-state index is 11.0. The Hall–Kier alpha value is -1.43. The van der Waals surface area contributed by atoms with Crippen LogP contribution in [0.2, 0.25) is 5.15 Å². The zero-order chi connectivity index (χ0) is 13.1. The zero-order valence-electron chi connectivity index (χ0n) is 10.2. The van der Waals surface area contributed by atoms with Gasteiger partial charge in [0.1, 0.15) is 6.33 Å². The molecule has 98 valence electrons. The quantitative estimate of drug-likeness (QED) is 0.478. The second kappa shape index (κ2) is 5.48. The smallest absolute Gasteiger partial charge is 0.348 e. The van der Waals surface area contributed by atoms with E-state index in [2.05, 4.69) is 16.9 Å². The molecule has 2 rings (SSSR count). The average Bonchev–Trinajstić information content (AvgIpc) is 2.77. The predicted molar refractivity (Wildman–Crippen MR) is 68.9 cm³/mol. The van der Waals surface area contributed by atoms with Crippen molar-refractivity contribution < 1.29 is 4.92 Å². The molecule has 0 radical (unpaired) electrons. The number of anilines is 1. The Bertz CT molecular complexity index is 455. The molecule has 0 N–H and O–H groups in total. The van der Waals surface area contributed by atoms with Gasteiger partial charge in [0, 0.05) is 13.1 Å². The molecule has 0 saturated carbocycles. The molecule has 0 bridgehead atoms. The fraction of sp³-hybridized carbons (Fsp3) is 0.636. The van der Waals surface area contributed by atoms with Gasteiger partial charge in [0.15, 0.2) is 0 Å². The SMILES string of the molecule is CCCC1CCN(c2ncnc(Cl)c2[N+](=O)[O-])C1. The van der Waals surface area contributed by atoms with Crippen LogP contribution in [0.15, 0.2) is 6.33 Å². The molecule has 2 heterocycles. The fourth-order valence-electron chi connectivity index (χ4n) is 2.41. The number of hydrogen-bond acceptors (Lipinski definition) is 5. The lowest BCUT2D eigenvalue weighted by molar-refractivity contribution is -0.384. The van der Waals surface area contributed by atoms with E-state index in [-0.39, 0.29) is 10.8 Å². The second-order valence-corrected chi connectivity index (χ2v) is 4.84. The summed E-state index contributed by atoms with van der Waals surface area (Å²) in [5.74, 6) is 0.932. The van der Waals surface area contributed by atoms with E-state index in [0.717, 1.165) is 32.4 Å². The summed E-state index contributed by atoms with van der Waals surface area (Å²) < 4.78 is 0. The van der Waals surface area contributed by atoms with E-state index in [4.69, 9.17) is 11.6 Å². The van der Waals surface area contributed by atoms with Crippen LogP contribution in [-0.2, 0) is 0 Å². The molecule has 1 aliphatic rings. The molecule has 1 unspecified atom stereocenters. The number of aromatic nitrogens is 2. The van der Waals surface area contributed by atoms with Crippen LogP contribution in [0.4, 0.5) is 11.5 Å². The molecule has 18 heavy (non-hydrogen) atoms. The number of nitrogens with zero attached hydrogens (tertiary/aromatic N) is 4. The summed E-state index contributed by atoms with van der Waals surface area (Å²) in [5, 5.41) is 10.9. The zero-order valence-corrected chi connectivity index (χ0v) is 10.9. The van der Waals surface area contributed by atoms with Crippen LogP contribution in [0.1, 0.15) is 26.2 Å². The van der Waals surface area contributed by atoms with E-state index in [1.165, 1.54) is 6.33 Å². The molecule has 0 amide bonds. The fourth-order valence-corrected chi connectivity index (χ4v) is 2.60. The highest BCUT2D eigenvalue weighted by Gasteiger charge is 2.30. The standard InChI is InChI=1S/C11H15ClN4O2/c1-2-3-8-4-5-15(6-8)11-9(16(17)18)10(12)13-7-14-11/h7-8H,2-6H2,1H3. The van der Waals surface area contributed by atoms with Gasteiger partial charge in [-0.1, -0.05) is 24.9 Å². The second-order valence-electron chi connectivity index (χ2n) is 4.48. The van der Waals surface area contributed by atoms with Crippen molar-refractivity contribution in [2.24, 2.45) is 5.92 Å². The third-order valence-electron chi connectivity index (χ3n) is 3.22. The monoisotopic (exact) mass is 270 g/mol. The summed E-state index contributed by atoms with van der Waals surface area (Å²) in [7, 11) is 0. The summed E-state index contributed by atoms with van der Waals surface area (Å²) in [6, 6.07) is 0. The minimum absolute atomic E-state index is 0.0936. The number of rotatable bonds is 4. The van der Waals surface area contributed by atoms with Crippen molar-refractivity contribution in [1.29, 1.82) is 0 Å². The Morgan fingerprint density at radius 3 is 3.06 bits per heavy atom. The van der Waals surface area contributed by atoms with Crippen molar-refractivity contribution in [2.75, 3.05) is 18.0 Å². The van der Waals surface area contributed by atoms with Crippen molar-refractivity contribution >= 4 is 23.1 Å². The largest absolute Gasteiger partial charge is 0.350 e. The van der Waals surface area contributed by atoms with Gasteiger partial charge in [-0.25, -0.2) is 9.97 Å². The van der Waals surface area contributed by atoms with E-state index in [0.29, 0.717) is 11.7 Å². The van der Waals surface area contributed by atoms with Gasteiger partial charge in [-0.2, -0.15) is 0 Å². The third-order valence-corrected chi connectivity index (χ3v) is 3.50. The first kappa shape index (κ1) is 13.0. The molecule has 1 aromatic rings. The first-order valence-corrected chi connectivity index (χ1v) is 6.41. The van der Waals surface area contributed by atoms with Crippen LogP contribution in [0, 0.1) is 16.0 Å². The number of nitro groups is 1. The van der Waals surface area contributed by atoms with Gasteiger partial charge >= 0.3 is 5.69 Å². The highest BCUT2D eigenvalue weighted by molar-refractivity contribution is 6.31. The van der Waals surface area contributed by atoms with E-state index < -0.39 is 4.92 Å². The normalized spacial score (nSPS) is 19.2. The molecule has 1 atom stereocenters. The molecule has 7 heteroatoms. The minimum Gasteiger partial charge on any atom is -0.350 e. The van der Waals surface area contributed by atoms with E-state index >= 15 is 0 Å². The summed E-state index contributed by atoms with van der Waals surface area (Å²) in [6.07, 6.45) is 4.60. The average molecular weight is 271 g/mol. The summed E-state index contributed by atoms with van der Waals surface area (Å²) in [5.41, 5.74) is -0.184. The molecule has 0 aliphatic carbocycles. The molecule has 1 aliphatic heterocycles. The molecule has 1 saturated heterocycles. The lowest BCUT2D eigenvalue weighted by Crippen LogP contribution is -2.22. The van der Waals surface area contributed by atoms with Gasteiger partial charge in [-0.15, -0.1) is 0 Å². The van der Waals surface area contributed by atoms with Gasteiger partial charge in [0.2, 0.25) is 11.0 Å². The summed E-state index contributed by atoms with van der Waals surface area (Å²) in [4.78, 5) is 20.1. The minimum atomic E-state index is -0.509. The summed E-state index contributed by atoms with van der Waals surface area (Å²) in [6.45, 7) is 3.74. The van der Waals surface area contributed by atoms with Crippen LogP contribution in [0.3, 0.4) is 0 Å². The van der Waals surface area contributed by atoms with Crippen LogP contribution >= 0.6 is 11.6 Å². The van der Waals surface area contributed by atoms with Crippen molar-refractivity contribution in [3.05, 3.63) is 21.6 Å². The Morgan fingerprint density at radius 2 is 2.39 bits per heavy atom. The molecule has 1 aromatic heterocycles. The van der Waals surface area contributed by atoms with Crippen LogP contribution in [0.5, 0.6) is 0 Å². The van der Waals surface area contributed by atoms with Crippen molar-refractivity contribution in [3.8, 4) is 0 Å². The Morgan fingerprint density at radius 1 is 1.61 bits per heavy atom. The molecular formula is C11H15ClN4O2. The van der Waals surface area contributed by atoms with Crippen LogP contribution < -0.4 is 4.90 Å². The summed E-state index contributed by atoms with van der Waals surface area (Å²) >= 11 is 5.78. The Balaban J connectivity index is 2.24. The van der Waals surface area contributed by atoms with Crippen molar-refractivity contribution in [3.63, 3.8) is 0 Å². The van der Waals surface area contributed by atoms with E-state index in [1.54, 1.807) is 0 Å². The number of hydrogen-bond donors (Lipinski definition) is 0. The van der Waals surface area contributed by atoms with E-state index in [1.807, 2.05) is 4.90 Å². The molecule has 0 aromatic carbocycles. The first-order valence-electron chi connectivity index (χ1n) is 6.03. The Labute approximate surface area is 110 Å². The van der Waals surface area contributed by atoms with Crippen molar-refractivity contribution in [1.82, 2.24) is 9.97 Å². The predicted octanol–water partition coefficient (Wildman–Crippen LogP) is 2.66. The molecular weight excluding hydrogens is 256 g/mol. The maximum atomic E-state index is 11.0. The van der Waals surface area contributed by atoms with Crippen LogP contribution in [-0.4, -0.2) is 28.0 Å². The molecule has 6 nitrogen and oxygen atoms in total. The van der Waals surface area contributed by atoms with E-state index in [9.17, 15) is 10.1 Å². The van der Waals surface area contributed by atoms with Gasteiger partial charge in [-0.05, 0) is 18.8 Å². The lowest BCUT2D eigenvalue weighted by Gasteiger charge is -2.17. The van der Waals surface area contributed by atoms with Gasteiger partial charge < -0.3 is 4.90 Å². The highest BCUT2D eigenvalue weighted by Crippen LogP contribution is 2.34. The molecule has 0 spiro atoms. The molecule has 1 fully saturated rings.